The van der Waals surface area contributed by atoms with E-state index < -0.39 is 0 Å². The molecule has 0 saturated carbocycles. The smallest absolute Gasteiger partial charge is 0.129 e. The van der Waals surface area contributed by atoms with Crippen molar-refractivity contribution in [3.63, 3.8) is 0 Å². The van der Waals surface area contributed by atoms with E-state index in [1.165, 1.54) is 16.9 Å². The van der Waals surface area contributed by atoms with Crippen LogP contribution in [0.15, 0.2) is 41.8 Å². The molecular weight excluding hydrogens is 284 g/mol. The summed E-state index contributed by atoms with van der Waals surface area (Å²) in [5.41, 5.74) is 10.1. The minimum atomic E-state index is 0.587. The molecule has 98 valence electrons. The number of aryl methyl sites for hydroxylation is 1. The zero-order valence-corrected chi connectivity index (χ0v) is 12.5. The Morgan fingerprint density at radius 1 is 1.15 bits per heavy atom. The van der Waals surface area contributed by atoms with Crippen LogP contribution in [0.2, 0.25) is 0 Å². The average Bonchev–Trinajstić information content (AvgIpc) is 3.07. The average molecular weight is 296 g/mol. The largest absolute Gasteiger partial charge is 0.396 e. The normalized spacial score (nSPS) is 10.4. The van der Waals surface area contributed by atoms with Gasteiger partial charge in [0.15, 0.2) is 0 Å². The summed E-state index contributed by atoms with van der Waals surface area (Å²) in [6.07, 6.45) is 0. The van der Waals surface area contributed by atoms with Gasteiger partial charge < -0.3 is 5.73 Å². The van der Waals surface area contributed by atoms with Crippen LogP contribution in [0.25, 0.3) is 20.9 Å². The van der Waals surface area contributed by atoms with Gasteiger partial charge in [-0.05, 0) is 23.9 Å². The fourth-order valence-corrected chi connectivity index (χ4v) is 3.99. The molecule has 0 aliphatic heterocycles. The number of nitrogens with two attached hydrogens (primary N) is 1. The molecule has 0 atom stereocenters. The van der Waals surface area contributed by atoms with Gasteiger partial charge in [-0.25, -0.2) is 0 Å². The predicted octanol–water partition coefficient (Wildman–Crippen LogP) is 4.91. The molecular formula is C16H12N2S2. The number of anilines is 1. The maximum Gasteiger partial charge on any atom is 0.129 e. The van der Waals surface area contributed by atoms with Gasteiger partial charge in [0.25, 0.3) is 0 Å². The van der Waals surface area contributed by atoms with Crippen LogP contribution < -0.4 is 5.73 Å². The number of rotatable bonds is 2. The van der Waals surface area contributed by atoms with Crippen molar-refractivity contribution >= 4 is 28.4 Å². The predicted molar refractivity (Wildman–Crippen MR) is 86.9 cm³/mol. The fraction of sp³-hybridized carbons (Fsp3) is 0.0625. The first kappa shape index (κ1) is 12.9. The van der Waals surface area contributed by atoms with E-state index in [1.54, 1.807) is 11.3 Å². The Bertz CT molecular complexity index is 775. The molecule has 2 N–H and O–H groups in total. The Hall–Kier alpha value is -2.09. The number of nitrogen functional groups attached to an aromatic ring is 1. The van der Waals surface area contributed by atoms with Crippen molar-refractivity contribution in [1.82, 2.24) is 0 Å². The number of nitrogens with zero attached hydrogens (tertiary/aromatic N) is 1. The lowest BCUT2D eigenvalue weighted by atomic mass is 10.1. The summed E-state index contributed by atoms with van der Waals surface area (Å²) < 4.78 is 0. The summed E-state index contributed by atoms with van der Waals surface area (Å²) in [5.74, 6) is 0. The summed E-state index contributed by atoms with van der Waals surface area (Å²) in [7, 11) is 0. The number of nitriles is 1. The molecule has 0 saturated heterocycles. The Morgan fingerprint density at radius 2 is 1.90 bits per heavy atom. The summed E-state index contributed by atoms with van der Waals surface area (Å²) in [6, 6.07) is 14.6. The molecule has 0 fully saturated rings. The molecule has 0 aliphatic rings. The first-order valence-corrected chi connectivity index (χ1v) is 7.83. The first-order valence-electron chi connectivity index (χ1n) is 6.14. The van der Waals surface area contributed by atoms with E-state index in [1.807, 2.05) is 17.5 Å². The molecule has 0 aliphatic carbocycles. The van der Waals surface area contributed by atoms with Crippen LogP contribution in [0, 0.1) is 18.3 Å². The molecule has 0 bridgehead atoms. The van der Waals surface area contributed by atoms with Crippen molar-refractivity contribution in [3.05, 3.63) is 52.2 Å². The highest BCUT2D eigenvalue weighted by Gasteiger charge is 2.19. The van der Waals surface area contributed by atoms with E-state index in [0.717, 1.165) is 20.9 Å². The van der Waals surface area contributed by atoms with Crippen molar-refractivity contribution in [2.24, 2.45) is 0 Å². The van der Waals surface area contributed by atoms with Crippen LogP contribution in [-0.2, 0) is 0 Å². The zero-order chi connectivity index (χ0) is 14.1. The van der Waals surface area contributed by atoms with Crippen molar-refractivity contribution in [1.29, 1.82) is 5.26 Å². The van der Waals surface area contributed by atoms with Gasteiger partial charge in [0, 0.05) is 15.3 Å². The number of hydrogen-bond donors (Lipinski definition) is 1. The molecule has 0 radical (unpaired) electrons. The summed E-state index contributed by atoms with van der Waals surface area (Å²) in [6.45, 7) is 2.06. The molecule has 3 aromatic rings. The molecule has 2 aromatic heterocycles. The van der Waals surface area contributed by atoms with Crippen molar-refractivity contribution < 1.29 is 0 Å². The fourth-order valence-electron chi connectivity index (χ4n) is 2.10. The number of benzene rings is 1. The first-order chi connectivity index (χ1) is 9.70. The molecule has 4 heteroatoms. The van der Waals surface area contributed by atoms with Gasteiger partial charge in [0.1, 0.15) is 10.9 Å². The highest BCUT2D eigenvalue weighted by molar-refractivity contribution is 7.18. The Balaban J connectivity index is 2.25. The summed E-state index contributed by atoms with van der Waals surface area (Å²) in [4.78, 5) is 2.77. The summed E-state index contributed by atoms with van der Waals surface area (Å²) in [5, 5.41) is 11.3. The van der Waals surface area contributed by atoms with Crippen LogP contribution in [0.1, 0.15) is 10.4 Å². The maximum absolute atomic E-state index is 9.23. The minimum Gasteiger partial charge on any atom is -0.396 e. The second-order valence-electron chi connectivity index (χ2n) is 4.50. The van der Waals surface area contributed by atoms with Gasteiger partial charge in [0.05, 0.1) is 5.69 Å². The molecule has 3 rings (SSSR count). The van der Waals surface area contributed by atoms with Gasteiger partial charge in [-0.2, -0.15) is 5.26 Å². The van der Waals surface area contributed by atoms with Gasteiger partial charge in [0.2, 0.25) is 0 Å². The van der Waals surface area contributed by atoms with Crippen molar-refractivity contribution in [3.8, 4) is 27.0 Å². The highest BCUT2D eigenvalue weighted by Crippen LogP contribution is 2.46. The van der Waals surface area contributed by atoms with E-state index >= 15 is 0 Å². The monoisotopic (exact) mass is 296 g/mol. The van der Waals surface area contributed by atoms with Crippen molar-refractivity contribution in [2.75, 3.05) is 5.73 Å². The molecule has 0 amide bonds. The second kappa shape index (κ2) is 5.12. The maximum atomic E-state index is 9.23. The molecule has 1 aromatic carbocycles. The van der Waals surface area contributed by atoms with Crippen LogP contribution in [0.3, 0.4) is 0 Å². The van der Waals surface area contributed by atoms with E-state index in [2.05, 4.69) is 37.3 Å². The van der Waals surface area contributed by atoms with Crippen LogP contribution in [0.4, 0.5) is 5.69 Å². The van der Waals surface area contributed by atoms with E-state index in [4.69, 9.17) is 5.73 Å². The summed E-state index contributed by atoms with van der Waals surface area (Å²) >= 11 is 3.11. The minimum absolute atomic E-state index is 0.587. The quantitative estimate of drug-likeness (QED) is 0.730. The van der Waals surface area contributed by atoms with Gasteiger partial charge in [-0.3, -0.25) is 0 Å². The zero-order valence-electron chi connectivity index (χ0n) is 10.9. The Kier molecular flexibility index (Phi) is 3.31. The lowest BCUT2D eigenvalue weighted by Crippen LogP contribution is -1.87. The topological polar surface area (TPSA) is 49.8 Å². The number of hydrogen-bond acceptors (Lipinski definition) is 4. The molecule has 0 unspecified atom stereocenters. The third-order valence-electron chi connectivity index (χ3n) is 3.13. The Morgan fingerprint density at radius 3 is 2.50 bits per heavy atom. The lowest BCUT2D eigenvalue weighted by Gasteiger charge is -2.04. The number of thiophene rings is 2. The van der Waals surface area contributed by atoms with E-state index in [9.17, 15) is 5.26 Å². The third kappa shape index (κ3) is 2.11. The van der Waals surface area contributed by atoms with Gasteiger partial charge in [-0.15, -0.1) is 22.7 Å². The van der Waals surface area contributed by atoms with Crippen LogP contribution >= 0.6 is 22.7 Å². The molecule has 0 spiro atoms. The van der Waals surface area contributed by atoms with Crippen LogP contribution in [-0.4, -0.2) is 0 Å². The van der Waals surface area contributed by atoms with E-state index in [-0.39, 0.29) is 0 Å². The van der Waals surface area contributed by atoms with E-state index in [0.29, 0.717) is 10.6 Å². The van der Waals surface area contributed by atoms with Gasteiger partial charge >= 0.3 is 0 Å². The van der Waals surface area contributed by atoms with Crippen molar-refractivity contribution in [2.45, 2.75) is 6.92 Å². The molecule has 2 nitrogen and oxygen atoms in total. The standard InChI is InChI=1S/C16H12N2S2/c1-10-4-6-11(7-5-10)16-14(12-3-2-8-19-12)15(18)13(9-17)20-16/h2-8H,18H2,1H3. The third-order valence-corrected chi connectivity index (χ3v) is 5.17. The Labute approximate surface area is 125 Å². The lowest BCUT2D eigenvalue weighted by molar-refractivity contribution is 1.48. The SMILES string of the molecule is Cc1ccc(-c2sc(C#N)c(N)c2-c2cccs2)cc1. The molecule has 2 heterocycles. The van der Waals surface area contributed by atoms with Gasteiger partial charge in [-0.1, -0.05) is 35.9 Å². The molecule has 20 heavy (non-hydrogen) atoms. The van der Waals surface area contributed by atoms with Crippen LogP contribution in [0.5, 0.6) is 0 Å². The second-order valence-corrected chi connectivity index (χ2v) is 6.47. The highest BCUT2D eigenvalue weighted by atomic mass is 32.1.